The summed E-state index contributed by atoms with van der Waals surface area (Å²) in [7, 11) is 0. The minimum atomic E-state index is 0.412. The molecule has 4 aromatic carbocycles. The van der Waals surface area contributed by atoms with Crippen molar-refractivity contribution in [3.8, 4) is 11.3 Å². The molecular weight excluding hydrogens is 340 g/mol. The molecule has 0 radical (unpaired) electrons. The van der Waals surface area contributed by atoms with E-state index in [1.54, 1.807) is 6.33 Å². The molecule has 0 saturated carbocycles. The van der Waals surface area contributed by atoms with Crippen LogP contribution >= 0.6 is 0 Å². The Balaban J connectivity index is 1.97. The van der Waals surface area contributed by atoms with Crippen LogP contribution in [0.3, 0.4) is 0 Å². The number of nitrogens with zero attached hydrogens (tertiary/aromatic N) is 2. The summed E-state index contributed by atoms with van der Waals surface area (Å²) >= 11 is 0. The van der Waals surface area contributed by atoms with E-state index in [0.29, 0.717) is 5.92 Å². The normalized spacial score (nSPS) is 11.7. The van der Waals surface area contributed by atoms with Gasteiger partial charge in [0.2, 0.25) is 0 Å². The van der Waals surface area contributed by atoms with Crippen molar-refractivity contribution in [1.29, 1.82) is 0 Å². The number of benzene rings is 4. The number of rotatable bonds is 2. The van der Waals surface area contributed by atoms with Gasteiger partial charge >= 0.3 is 0 Å². The van der Waals surface area contributed by atoms with Crippen LogP contribution in [0.25, 0.3) is 43.7 Å². The summed E-state index contributed by atoms with van der Waals surface area (Å²) in [6.45, 7) is 6.65. The molecule has 0 unspecified atom stereocenters. The monoisotopic (exact) mass is 362 g/mol. The van der Waals surface area contributed by atoms with Crippen LogP contribution in [-0.4, -0.2) is 9.97 Å². The number of fused-ring (bicyclic) bond motifs is 5. The van der Waals surface area contributed by atoms with E-state index in [2.05, 4.69) is 92.5 Å². The van der Waals surface area contributed by atoms with Crippen molar-refractivity contribution in [2.24, 2.45) is 0 Å². The van der Waals surface area contributed by atoms with Crippen LogP contribution in [0.4, 0.5) is 0 Å². The fourth-order valence-corrected chi connectivity index (χ4v) is 4.26. The Morgan fingerprint density at radius 1 is 0.750 bits per heavy atom. The first kappa shape index (κ1) is 16.9. The molecule has 0 N–H and O–H groups in total. The SMILES string of the molecule is Cc1ccccc1-c1ncnc2c1ccc1c3ccccc3cc(C(C)C)c12. The van der Waals surface area contributed by atoms with E-state index in [9.17, 15) is 0 Å². The molecule has 0 bridgehead atoms. The lowest BCUT2D eigenvalue weighted by Crippen LogP contribution is -1.96. The highest BCUT2D eigenvalue weighted by atomic mass is 14.8. The molecule has 0 atom stereocenters. The Morgan fingerprint density at radius 3 is 2.32 bits per heavy atom. The molecule has 5 rings (SSSR count). The first-order valence-corrected chi connectivity index (χ1v) is 9.80. The lowest BCUT2D eigenvalue weighted by molar-refractivity contribution is 0.878. The molecule has 0 saturated heterocycles. The number of hydrogen-bond acceptors (Lipinski definition) is 2. The molecule has 0 amide bonds. The lowest BCUT2D eigenvalue weighted by atomic mass is 9.89. The minimum absolute atomic E-state index is 0.412. The molecule has 0 aliphatic rings. The summed E-state index contributed by atoms with van der Waals surface area (Å²) in [5, 5.41) is 6.19. The molecule has 0 aliphatic carbocycles. The Morgan fingerprint density at radius 2 is 1.50 bits per heavy atom. The average Bonchev–Trinajstić information content (AvgIpc) is 2.72. The molecule has 2 nitrogen and oxygen atoms in total. The molecular formula is C26H22N2. The summed E-state index contributed by atoms with van der Waals surface area (Å²) in [5.74, 6) is 0.412. The van der Waals surface area contributed by atoms with Gasteiger partial charge in [-0.2, -0.15) is 0 Å². The van der Waals surface area contributed by atoms with Crippen LogP contribution in [0.5, 0.6) is 0 Å². The Hall–Kier alpha value is -3.26. The van der Waals surface area contributed by atoms with E-state index in [0.717, 1.165) is 16.6 Å². The predicted molar refractivity (Wildman–Crippen MR) is 119 cm³/mol. The van der Waals surface area contributed by atoms with E-state index in [4.69, 9.17) is 4.98 Å². The zero-order valence-corrected chi connectivity index (χ0v) is 16.4. The summed E-state index contributed by atoms with van der Waals surface area (Å²) < 4.78 is 0. The van der Waals surface area contributed by atoms with Gasteiger partial charge in [0.15, 0.2) is 0 Å². The average molecular weight is 362 g/mol. The zero-order chi connectivity index (χ0) is 19.3. The van der Waals surface area contributed by atoms with E-state index in [1.165, 1.54) is 38.2 Å². The van der Waals surface area contributed by atoms with Crippen LogP contribution in [0.15, 0.2) is 73.1 Å². The van der Waals surface area contributed by atoms with Gasteiger partial charge in [-0.25, -0.2) is 9.97 Å². The molecule has 28 heavy (non-hydrogen) atoms. The molecule has 0 aliphatic heterocycles. The number of aromatic nitrogens is 2. The van der Waals surface area contributed by atoms with E-state index in [-0.39, 0.29) is 0 Å². The molecule has 136 valence electrons. The van der Waals surface area contributed by atoms with Crippen molar-refractivity contribution in [3.63, 3.8) is 0 Å². The highest BCUT2D eigenvalue weighted by Crippen LogP contribution is 2.38. The summed E-state index contributed by atoms with van der Waals surface area (Å²) in [5.41, 5.74) is 5.79. The van der Waals surface area contributed by atoms with Crippen molar-refractivity contribution >= 4 is 32.4 Å². The maximum Gasteiger partial charge on any atom is 0.116 e. The van der Waals surface area contributed by atoms with Gasteiger partial charge in [-0.15, -0.1) is 0 Å². The van der Waals surface area contributed by atoms with Crippen LogP contribution in [0.2, 0.25) is 0 Å². The van der Waals surface area contributed by atoms with Crippen molar-refractivity contribution in [3.05, 3.63) is 84.2 Å². The first-order chi connectivity index (χ1) is 13.6. The standard InChI is InChI=1S/C26H22N2/c1-16(2)23-14-18-9-5-7-11-20(18)21-12-13-22-25(19-10-6-4-8-17(19)3)27-15-28-26(22)24(21)23/h4-16H,1-3H3. The van der Waals surface area contributed by atoms with Gasteiger partial charge in [0.25, 0.3) is 0 Å². The Labute approximate surface area is 164 Å². The molecule has 1 aromatic heterocycles. The van der Waals surface area contributed by atoms with Crippen LogP contribution in [0.1, 0.15) is 30.9 Å². The van der Waals surface area contributed by atoms with Crippen LogP contribution in [0, 0.1) is 6.92 Å². The third kappa shape index (κ3) is 2.49. The maximum absolute atomic E-state index is 4.76. The second-order valence-electron chi connectivity index (χ2n) is 7.76. The Kier molecular flexibility index (Phi) is 3.87. The largest absolute Gasteiger partial charge is 0.236 e. The number of aryl methyl sites for hydroxylation is 1. The topological polar surface area (TPSA) is 25.8 Å². The molecule has 0 fully saturated rings. The second-order valence-corrected chi connectivity index (χ2v) is 7.76. The van der Waals surface area contributed by atoms with Crippen molar-refractivity contribution < 1.29 is 0 Å². The lowest BCUT2D eigenvalue weighted by Gasteiger charge is -2.16. The smallest absolute Gasteiger partial charge is 0.116 e. The van der Waals surface area contributed by atoms with Gasteiger partial charge < -0.3 is 0 Å². The van der Waals surface area contributed by atoms with Crippen LogP contribution in [-0.2, 0) is 0 Å². The van der Waals surface area contributed by atoms with E-state index in [1.807, 2.05) is 0 Å². The fourth-order valence-electron chi connectivity index (χ4n) is 4.26. The highest BCUT2D eigenvalue weighted by Gasteiger charge is 2.16. The summed E-state index contributed by atoms with van der Waals surface area (Å²) in [6, 6.07) is 23.8. The highest BCUT2D eigenvalue weighted by molar-refractivity contribution is 6.19. The zero-order valence-electron chi connectivity index (χ0n) is 16.4. The van der Waals surface area contributed by atoms with E-state index >= 15 is 0 Å². The van der Waals surface area contributed by atoms with Gasteiger partial charge in [-0.3, -0.25) is 0 Å². The van der Waals surface area contributed by atoms with Gasteiger partial charge in [-0.05, 0) is 46.2 Å². The Bertz CT molecular complexity index is 1350. The molecule has 5 aromatic rings. The van der Waals surface area contributed by atoms with Gasteiger partial charge in [0, 0.05) is 16.3 Å². The summed E-state index contributed by atoms with van der Waals surface area (Å²) in [4.78, 5) is 9.43. The predicted octanol–water partition coefficient (Wildman–Crippen LogP) is 7.04. The molecule has 2 heteroatoms. The fraction of sp³-hybridized carbons (Fsp3) is 0.154. The molecule has 0 spiro atoms. The third-order valence-electron chi connectivity index (χ3n) is 5.68. The maximum atomic E-state index is 4.76. The third-order valence-corrected chi connectivity index (χ3v) is 5.68. The van der Waals surface area contributed by atoms with E-state index < -0.39 is 0 Å². The quantitative estimate of drug-likeness (QED) is 0.315. The van der Waals surface area contributed by atoms with Crippen LogP contribution < -0.4 is 0 Å². The van der Waals surface area contributed by atoms with Gasteiger partial charge in [-0.1, -0.05) is 74.5 Å². The van der Waals surface area contributed by atoms with Gasteiger partial charge in [0.05, 0.1) is 11.2 Å². The van der Waals surface area contributed by atoms with Crippen molar-refractivity contribution in [1.82, 2.24) is 9.97 Å². The number of hydrogen-bond donors (Lipinski definition) is 0. The minimum Gasteiger partial charge on any atom is -0.236 e. The molecule has 1 heterocycles. The first-order valence-electron chi connectivity index (χ1n) is 9.80. The van der Waals surface area contributed by atoms with Crippen molar-refractivity contribution in [2.45, 2.75) is 26.7 Å². The van der Waals surface area contributed by atoms with Crippen molar-refractivity contribution in [2.75, 3.05) is 0 Å². The second kappa shape index (κ2) is 6.42. The van der Waals surface area contributed by atoms with Gasteiger partial charge in [0.1, 0.15) is 6.33 Å². The summed E-state index contributed by atoms with van der Waals surface area (Å²) in [6.07, 6.45) is 1.71.